The van der Waals surface area contributed by atoms with E-state index in [1.54, 1.807) is 12.1 Å². The zero-order chi connectivity index (χ0) is 21.9. The van der Waals surface area contributed by atoms with E-state index in [1.165, 1.54) is 36.2 Å². The maximum absolute atomic E-state index is 12.3. The standard InChI is InChI=1S/C24H30F3N3O/c25-24(26,27)31-22-7-5-21(6-8-22)30-17-12-23(13-18-30)10-15-29(16-11-23)20-3-1-19(2-4-20)9-14-28/h1-8H,9-18,28H2. The second-order valence-corrected chi connectivity index (χ2v) is 8.72. The molecule has 0 unspecified atom stereocenters. The van der Waals surface area contributed by atoms with E-state index in [2.05, 4.69) is 38.8 Å². The summed E-state index contributed by atoms with van der Waals surface area (Å²) in [4.78, 5) is 4.74. The lowest BCUT2D eigenvalue weighted by atomic mass is 9.71. The highest BCUT2D eigenvalue weighted by atomic mass is 19.4. The Labute approximate surface area is 181 Å². The summed E-state index contributed by atoms with van der Waals surface area (Å²) in [5.74, 6) is -0.173. The molecule has 0 amide bonds. The van der Waals surface area contributed by atoms with Gasteiger partial charge in [0.25, 0.3) is 0 Å². The minimum Gasteiger partial charge on any atom is -0.406 e. The highest BCUT2D eigenvalue weighted by molar-refractivity contribution is 5.50. The number of alkyl halides is 3. The Bertz CT molecular complexity index is 834. The number of hydrogen-bond donors (Lipinski definition) is 1. The van der Waals surface area contributed by atoms with Gasteiger partial charge >= 0.3 is 6.36 Å². The fraction of sp³-hybridized carbons (Fsp3) is 0.500. The predicted octanol–water partition coefficient (Wildman–Crippen LogP) is 4.97. The molecule has 0 atom stereocenters. The summed E-state index contributed by atoms with van der Waals surface area (Å²) >= 11 is 0. The van der Waals surface area contributed by atoms with Crippen molar-refractivity contribution in [3.05, 3.63) is 54.1 Å². The maximum Gasteiger partial charge on any atom is 0.573 e. The van der Waals surface area contributed by atoms with Gasteiger partial charge in [-0.05, 0) is 86.0 Å². The normalized spacial score (nSPS) is 19.0. The van der Waals surface area contributed by atoms with Gasteiger partial charge in [0.15, 0.2) is 0 Å². The van der Waals surface area contributed by atoms with E-state index in [9.17, 15) is 13.2 Å². The fourth-order valence-electron chi connectivity index (χ4n) is 4.88. The third kappa shape index (κ3) is 5.45. The van der Waals surface area contributed by atoms with E-state index in [-0.39, 0.29) is 5.75 Å². The van der Waals surface area contributed by atoms with Gasteiger partial charge in [-0.15, -0.1) is 13.2 Å². The minimum atomic E-state index is -4.65. The average molecular weight is 434 g/mol. The molecule has 2 aromatic rings. The molecule has 0 bridgehead atoms. The quantitative estimate of drug-likeness (QED) is 0.723. The molecule has 2 heterocycles. The fourth-order valence-corrected chi connectivity index (χ4v) is 4.88. The van der Waals surface area contributed by atoms with E-state index < -0.39 is 6.36 Å². The van der Waals surface area contributed by atoms with Crippen molar-refractivity contribution in [2.24, 2.45) is 11.1 Å². The van der Waals surface area contributed by atoms with Gasteiger partial charge in [0.05, 0.1) is 0 Å². The Hall–Kier alpha value is -2.41. The molecule has 2 aliphatic rings. The van der Waals surface area contributed by atoms with Gasteiger partial charge in [-0.2, -0.15) is 0 Å². The van der Waals surface area contributed by atoms with Crippen LogP contribution in [0, 0.1) is 5.41 Å². The van der Waals surface area contributed by atoms with Crippen LogP contribution >= 0.6 is 0 Å². The van der Waals surface area contributed by atoms with E-state index in [4.69, 9.17) is 5.73 Å². The lowest BCUT2D eigenvalue weighted by Gasteiger charge is -2.48. The van der Waals surface area contributed by atoms with Crippen LogP contribution in [-0.2, 0) is 6.42 Å². The molecule has 0 saturated carbocycles. The lowest BCUT2D eigenvalue weighted by Crippen LogP contribution is -2.47. The van der Waals surface area contributed by atoms with Crippen LogP contribution in [0.1, 0.15) is 31.2 Å². The second-order valence-electron chi connectivity index (χ2n) is 8.72. The summed E-state index contributed by atoms with van der Waals surface area (Å²) in [5, 5.41) is 0. The van der Waals surface area contributed by atoms with Crippen molar-refractivity contribution in [1.29, 1.82) is 0 Å². The van der Waals surface area contributed by atoms with E-state index in [1.807, 2.05) is 0 Å². The predicted molar refractivity (Wildman–Crippen MR) is 118 cm³/mol. The number of nitrogens with zero attached hydrogens (tertiary/aromatic N) is 2. The molecule has 2 saturated heterocycles. The topological polar surface area (TPSA) is 41.7 Å². The van der Waals surface area contributed by atoms with Crippen molar-refractivity contribution in [3.63, 3.8) is 0 Å². The van der Waals surface area contributed by atoms with Gasteiger partial charge in [-0.3, -0.25) is 0 Å². The Balaban J connectivity index is 1.29. The van der Waals surface area contributed by atoms with E-state index in [0.29, 0.717) is 12.0 Å². The molecule has 2 aliphatic heterocycles. The highest BCUT2D eigenvalue weighted by Crippen LogP contribution is 2.43. The summed E-state index contributed by atoms with van der Waals surface area (Å²) in [5.41, 5.74) is 9.54. The summed E-state index contributed by atoms with van der Waals surface area (Å²) in [6.07, 6.45) is 0.875. The van der Waals surface area contributed by atoms with Gasteiger partial charge in [0.1, 0.15) is 5.75 Å². The molecular formula is C24H30F3N3O. The Kier molecular flexibility index (Phi) is 6.32. The van der Waals surface area contributed by atoms with Crippen molar-refractivity contribution in [2.75, 3.05) is 42.5 Å². The number of anilines is 2. The first-order chi connectivity index (χ1) is 14.9. The SMILES string of the molecule is NCCc1ccc(N2CCC3(CC2)CCN(c2ccc(OC(F)(F)F)cc2)CC3)cc1. The van der Waals surface area contributed by atoms with Crippen molar-refractivity contribution >= 4 is 11.4 Å². The summed E-state index contributed by atoms with van der Waals surface area (Å²) in [6.45, 7) is 4.69. The van der Waals surface area contributed by atoms with Crippen molar-refractivity contribution < 1.29 is 17.9 Å². The van der Waals surface area contributed by atoms with Gasteiger partial charge < -0.3 is 20.3 Å². The average Bonchev–Trinajstić information content (AvgIpc) is 2.75. The first-order valence-corrected chi connectivity index (χ1v) is 11.0. The van der Waals surface area contributed by atoms with Gasteiger partial charge in [0.2, 0.25) is 0 Å². The molecule has 2 aromatic carbocycles. The molecule has 7 heteroatoms. The van der Waals surface area contributed by atoms with E-state index in [0.717, 1.165) is 51.1 Å². The van der Waals surface area contributed by atoms with E-state index >= 15 is 0 Å². The first kappa shape index (κ1) is 21.8. The van der Waals surface area contributed by atoms with Crippen LogP contribution in [0.25, 0.3) is 0 Å². The van der Waals surface area contributed by atoms with Crippen LogP contribution < -0.4 is 20.3 Å². The first-order valence-electron chi connectivity index (χ1n) is 11.0. The van der Waals surface area contributed by atoms with Gasteiger partial charge in [-0.1, -0.05) is 12.1 Å². The Morgan fingerprint density at radius 3 is 1.65 bits per heavy atom. The lowest BCUT2D eigenvalue weighted by molar-refractivity contribution is -0.274. The number of rotatable bonds is 5. The zero-order valence-corrected chi connectivity index (χ0v) is 17.7. The minimum absolute atomic E-state index is 0.173. The molecule has 1 spiro atoms. The molecule has 4 rings (SSSR count). The molecule has 31 heavy (non-hydrogen) atoms. The molecular weight excluding hydrogens is 403 g/mol. The van der Waals surface area contributed by atoms with Crippen LogP contribution in [0.4, 0.5) is 24.5 Å². The zero-order valence-electron chi connectivity index (χ0n) is 17.7. The summed E-state index contributed by atoms with van der Waals surface area (Å²) < 4.78 is 41.0. The van der Waals surface area contributed by atoms with Gasteiger partial charge in [0, 0.05) is 37.6 Å². The van der Waals surface area contributed by atoms with Crippen molar-refractivity contribution in [2.45, 2.75) is 38.5 Å². The molecule has 2 N–H and O–H groups in total. The molecule has 0 radical (unpaired) electrons. The van der Waals surface area contributed by atoms with Crippen LogP contribution in [0.2, 0.25) is 0 Å². The monoisotopic (exact) mass is 433 g/mol. The van der Waals surface area contributed by atoms with Crippen LogP contribution in [0.3, 0.4) is 0 Å². The summed E-state index contributed by atoms with van der Waals surface area (Å²) in [6, 6.07) is 15.0. The largest absolute Gasteiger partial charge is 0.573 e. The number of benzene rings is 2. The van der Waals surface area contributed by atoms with Crippen LogP contribution in [0.5, 0.6) is 5.75 Å². The van der Waals surface area contributed by atoms with Gasteiger partial charge in [-0.25, -0.2) is 0 Å². The molecule has 2 fully saturated rings. The molecule has 0 aliphatic carbocycles. The Morgan fingerprint density at radius 2 is 1.23 bits per heavy atom. The molecule has 168 valence electrons. The Morgan fingerprint density at radius 1 is 0.774 bits per heavy atom. The third-order valence-corrected chi connectivity index (χ3v) is 6.82. The number of piperidine rings is 2. The number of ether oxygens (including phenoxy) is 1. The molecule has 0 aromatic heterocycles. The highest BCUT2D eigenvalue weighted by Gasteiger charge is 2.37. The number of nitrogens with two attached hydrogens (primary N) is 1. The maximum atomic E-state index is 12.3. The summed E-state index contributed by atoms with van der Waals surface area (Å²) in [7, 11) is 0. The number of hydrogen-bond acceptors (Lipinski definition) is 4. The van der Waals surface area contributed by atoms with Crippen molar-refractivity contribution in [3.8, 4) is 5.75 Å². The van der Waals surface area contributed by atoms with Crippen molar-refractivity contribution in [1.82, 2.24) is 0 Å². The van der Waals surface area contributed by atoms with Crippen LogP contribution in [-0.4, -0.2) is 39.1 Å². The second kappa shape index (κ2) is 8.99. The number of halogens is 3. The smallest absolute Gasteiger partial charge is 0.406 e. The molecule has 4 nitrogen and oxygen atoms in total. The van der Waals surface area contributed by atoms with Crippen LogP contribution in [0.15, 0.2) is 48.5 Å². The third-order valence-electron chi connectivity index (χ3n) is 6.82.